The maximum Gasteiger partial charge on any atom is 0.160 e. The van der Waals surface area contributed by atoms with Gasteiger partial charge in [0.2, 0.25) is 0 Å². The smallest absolute Gasteiger partial charge is 0.160 e. The van der Waals surface area contributed by atoms with Gasteiger partial charge in [-0.25, -0.2) is 4.98 Å². The minimum absolute atomic E-state index is 0.735. The van der Waals surface area contributed by atoms with Gasteiger partial charge in [0.25, 0.3) is 0 Å². The Kier molecular flexibility index (Phi) is 7.97. The van der Waals surface area contributed by atoms with Gasteiger partial charge in [0.05, 0.1) is 4.88 Å². The van der Waals surface area contributed by atoms with E-state index in [1.54, 1.807) is 6.20 Å². The first-order valence-electron chi connectivity index (χ1n) is 6.48. The van der Waals surface area contributed by atoms with Gasteiger partial charge < -0.3 is 11.1 Å². The number of nitrogens with two attached hydrogens (primary N) is 1. The number of fused-ring (bicyclic) bond motifs is 1. The maximum atomic E-state index is 10.4. The molecule has 5 heteroatoms. The van der Waals surface area contributed by atoms with Crippen LogP contribution < -0.4 is 11.1 Å². The van der Waals surface area contributed by atoms with E-state index in [1.807, 2.05) is 18.2 Å². The number of thiophene rings is 1. The summed E-state index contributed by atoms with van der Waals surface area (Å²) in [5.74, 6) is 0. The first-order chi connectivity index (χ1) is 9.40. The van der Waals surface area contributed by atoms with Crippen LogP contribution in [0.15, 0.2) is 24.4 Å². The monoisotopic (exact) mass is 279 g/mol. The van der Waals surface area contributed by atoms with Crippen molar-refractivity contribution < 1.29 is 4.79 Å². The molecular formula is C14H21N3OS. The molecule has 2 aromatic heterocycles. The number of nitrogens with zero attached hydrogens (tertiary/aromatic N) is 1. The maximum absolute atomic E-state index is 10.4. The SMILES string of the molecule is C1CCNCC1.CN.O=Cc1cc2cccnc2s1. The minimum Gasteiger partial charge on any atom is -0.333 e. The molecule has 3 N–H and O–H groups in total. The zero-order valence-corrected chi connectivity index (χ0v) is 12.1. The van der Waals surface area contributed by atoms with Crippen LogP contribution >= 0.6 is 11.3 Å². The van der Waals surface area contributed by atoms with Gasteiger partial charge in [-0.15, -0.1) is 11.3 Å². The molecular weight excluding hydrogens is 258 g/mol. The summed E-state index contributed by atoms with van der Waals surface area (Å²) in [6, 6.07) is 5.66. The Hall–Kier alpha value is -1.30. The van der Waals surface area contributed by atoms with E-state index in [1.165, 1.54) is 50.7 Å². The summed E-state index contributed by atoms with van der Waals surface area (Å²) >= 11 is 1.42. The standard InChI is InChI=1S/C8H5NOS.C5H11N.CH5N/c10-5-7-4-6-2-1-3-9-8(6)11-7;1-2-4-6-5-3-1;1-2/h1-5H;6H,1-5H2;2H2,1H3. The van der Waals surface area contributed by atoms with Crippen molar-refractivity contribution in [1.29, 1.82) is 0 Å². The number of pyridine rings is 1. The van der Waals surface area contributed by atoms with Crippen molar-refractivity contribution in [2.45, 2.75) is 19.3 Å². The molecule has 1 aliphatic heterocycles. The van der Waals surface area contributed by atoms with Crippen LogP contribution in [0.3, 0.4) is 0 Å². The fraction of sp³-hybridized carbons (Fsp3) is 0.429. The highest BCUT2D eigenvalue weighted by Gasteiger charge is 1.98. The molecule has 0 bridgehead atoms. The highest BCUT2D eigenvalue weighted by Crippen LogP contribution is 2.21. The van der Waals surface area contributed by atoms with Gasteiger partial charge in [-0.1, -0.05) is 12.5 Å². The molecule has 0 atom stereocenters. The molecule has 0 unspecified atom stereocenters. The Morgan fingerprint density at radius 2 is 2.05 bits per heavy atom. The van der Waals surface area contributed by atoms with Crippen LogP contribution in [-0.4, -0.2) is 31.4 Å². The van der Waals surface area contributed by atoms with Crippen LogP contribution in [0.1, 0.15) is 28.9 Å². The molecule has 0 spiro atoms. The van der Waals surface area contributed by atoms with Crippen LogP contribution in [0.25, 0.3) is 10.2 Å². The van der Waals surface area contributed by atoms with Gasteiger partial charge in [-0.3, -0.25) is 4.79 Å². The van der Waals surface area contributed by atoms with Crippen molar-refractivity contribution in [3.05, 3.63) is 29.3 Å². The molecule has 1 aliphatic rings. The molecule has 0 radical (unpaired) electrons. The summed E-state index contributed by atoms with van der Waals surface area (Å²) in [6.07, 6.45) is 6.80. The normalized spacial score (nSPS) is 13.8. The van der Waals surface area contributed by atoms with Crippen molar-refractivity contribution >= 4 is 27.8 Å². The van der Waals surface area contributed by atoms with E-state index in [2.05, 4.69) is 16.0 Å². The molecule has 0 amide bonds. The molecule has 104 valence electrons. The van der Waals surface area contributed by atoms with Crippen LogP contribution in [0.4, 0.5) is 0 Å². The molecule has 3 heterocycles. The summed E-state index contributed by atoms with van der Waals surface area (Å²) < 4.78 is 0. The first-order valence-corrected chi connectivity index (χ1v) is 7.30. The number of rotatable bonds is 1. The van der Waals surface area contributed by atoms with Gasteiger partial charge in [-0.05, 0) is 45.1 Å². The highest BCUT2D eigenvalue weighted by molar-refractivity contribution is 7.20. The lowest BCUT2D eigenvalue weighted by Gasteiger charge is -2.08. The lowest BCUT2D eigenvalue weighted by Crippen LogP contribution is -2.21. The number of carbonyl (C=O) groups excluding carboxylic acids is 1. The van der Waals surface area contributed by atoms with Crippen LogP contribution in [0, 0.1) is 0 Å². The summed E-state index contributed by atoms with van der Waals surface area (Å²) in [6.45, 7) is 2.50. The quantitative estimate of drug-likeness (QED) is 0.787. The molecule has 4 nitrogen and oxygen atoms in total. The van der Waals surface area contributed by atoms with Gasteiger partial charge in [0.15, 0.2) is 6.29 Å². The Bertz CT molecular complexity index is 436. The average molecular weight is 279 g/mol. The lowest BCUT2D eigenvalue weighted by molar-refractivity contribution is 0.112. The van der Waals surface area contributed by atoms with E-state index in [4.69, 9.17) is 0 Å². The van der Waals surface area contributed by atoms with E-state index in [-0.39, 0.29) is 0 Å². The van der Waals surface area contributed by atoms with Crippen LogP contribution in [0.2, 0.25) is 0 Å². The number of piperidine rings is 1. The topological polar surface area (TPSA) is 68.0 Å². The Labute approximate surface area is 118 Å². The molecule has 1 saturated heterocycles. The van der Waals surface area contributed by atoms with Crippen molar-refractivity contribution in [3.8, 4) is 0 Å². The van der Waals surface area contributed by atoms with E-state index in [9.17, 15) is 4.79 Å². The molecule has 0 aliphatic carbocycles. The second kappa shape index (κ2) is 9.61. The fourth-order valence-corrected chi connectivity index (χ4v) is 2.57. The molecule has 19 heavy (non-hydrogen) atoms. The third kappa shape index (κ3) is 5.46. The Morgan fingerprint density at radius 1 is 1.32 bits per heavy atom. The zero-order chi connectivity index (χ0) is 13.9. The number of nitrogens with one attached hydrogen (secondary N) is 1. The van der Waals surface area contributed by atoms with Crippen LogP contribution in [0.5, 0.6) is 0 Å². The van der Waals surface area contributed by atoms with E-state index >= 15 is 0 Å². The first kappa shape index (κ1) is 15.8. The summed E-state index contributed by atoms with van der Waals surface area (Å²) in [4.78, 5) is 16.1. The second-order valence-corrected chi connectivity index (χ2v) is 5.04. The number of hydrogen-bond donors (Lipinski definition) is 2. The van der Waals surface area contributed by atoms with Gasteiger partial charge in [0, 0.05) is 11.6 Å². The van der Waals surface area contributed by atoms with Crippen LogP contribution in [-0.2, 0) is 0 Å². The summed E-state index contributed by atoms with van der Waals surface area (Å²) in [7, 11) is 1.50. The van der Waals surface area contributed by atoms with E-state index in [0.29, 0.717) is 0 Å². The van der Waals surface area contributed by atoms with Crippen molar-refractivity contribution in [3.63, 3.8) is 0 Å². The zero-order valence-electron chi connectivity index (χ0n) is 11.3. The number of aldehydes is 1. The number of aromatic nitrogens is 1. The largest absolute Gasteiger partial charge is 0.333 e. The number of hydrogen-bond acceptors (Lipinski definition) is 5. The minimum atomic E-state index is 0.735. The number of carbonyl (C=O) groups is 1. The molecule has 0 aromatic carbocycles. The predicted octanol–water partition coefficient (Wildman–Crippen LogP) is 2.44. The average Bonchev–Trinajstić information content (AvgIpc) is 2.95. The fourth-order valence-electron chi connectivity index (χ4n) is 1.75. The highest BCUT2D eigenvalue weighted by atomic mass is 32.1. The molecule has 3 rings (SSSR count). The molecule has 1 fully saturated rings. The van der Waals surface area contributed by atoms with Crippen molar-refractivity contribution in [2.24, 2.45) is 5.73 Å². The van der Waals surface area contributed by atoms with Crippen molar-refractivity contribution in [1.82, 2.24) is 10.3 Å². The predicted molar refractivity (Wildman–Crippen MR) is 81.8 cm³/mol. The molecule has 2 aromatic rings. The lowest BCUT2D eigenvalue weighted by atomic mass is 10.2. The second-order valence-electron chi connectivity index (χ2n) is 3.98. The van der Waals surface area contributed by atoms with Crippen molar-refractivity contribution in [2.75, 3.05) is 20.1 Å². The third-order valence-electron chi connectivity index (χ3n) is 2.64. The third-order valence-corrected chi connectivity index (χ3v) is 3.62. The van der Waals surface area contributed by atoms with E-state index in [0.717, 1.165) is 21.4 Å². The summed E-state index contributed by atoms with van der Waals surface area (Å²) in [5, 5.41) is 4.33. The van der Waals surface area contributed by atoms with Gasteiger partial charge in [0.1, 0.15) is 4.83 Å². The van der Waals surface area contributed by atoms with Gasteiger partial charge >= 0.3 is 0 Å². The Morgan fingerprint density at radius 3 is 2.53 bits per heavy atom. The van der Waals surface area contributed by atoms with Gasteiger partial charge in [-0.2, -0.15) is 0 Å². The van der Waals surface area contributed by atoms with E-state index < -0.39 is 0 Å². The summed E-state index contributed by atoms with van der Waals surface area (Å²) in [5.41, 5.74) is 4.50. The Balaban J connectivity index is 0.000000192. The molecule has 0 saturated carbocycles.